The normalized spacial score (nSPS) is 15.6. The van der Waals surface area contributed by atoms with Crippen LogP contribution in [-0.4, -0.2) is 22.3 Å². The van der Waals surface area contributed by atoms with E-state index in [1.54, 1.807) is 36.5 Å². The van der Waals surface area contributed by atoms with Gasteiger partial charge in [-0.3, -0.25) is 14.6 Å². The maximum absolute atomic E-state index is 12.2. The van der Waals surface area contributed by atoms with Crippen molar-refractivity contribution in [1.82, 2.24) is 4.98 Å². The number of fused-ring (bicyclic) bond motifs is 1. The fourth-order valence-corrected chi connectivity index (χ4v) is 2.43. The summed E-state index contributed by atoms with van der Waals surface area (Å²) < 4.78 is 5.79. The molecule has 0 saturated heterocycles. The summed E-state index contributed by atoms with van der Waals surface area (Å²) in [7, 11) is 0. The first-order chi connectivity index (χ1) is 10.4. The van der Waals surface area contributed by atoms with Crippen LogP contribution in [0.1, 0.15) is 41.0 Å². The Hall–Kier alpha value is -2.69. The number of nitrogens with one attached hydrogen (secondary N) is 1. The molecule has 0 saturated carbocycles. The summed E-state index contributed by atoms with van der Waals surface area (Å²) in [6, 6.07) is 8.47. The number of aromatic nitrogens is 1. The molecule has 112 valence electrons. The summed E-state index contributed by atoms with van der Waals surface area (Å²) in [6.45, 7) is 3.76. The molecule has 0 aliphatic carbocycles. The molecule has 0 fully saturated rings. The van der Waals surface area contributed by atoms with Crippen LogP contribution in [0.5, 0.6) is 5.75 Å². The summed E-state index contributed by atoms with van der Waals surface area (Å²) >= 11 is 0. The van der Waals surface area contributed by atoms with Crippen molar-refractivity contribution in [1.29, 1.82) is 0 Å². The average molecular weight is 296 g/mol. The van der Waals surface area contributed by atoms with Crippen LogP contribution in [0.3, 0.4) is 0 Å². The number of ether oxygens (including phenoxy) is 1. The minimum absolute atomic E-state index is 0.0173. The number of pyridine rings is 1. The van der Waals surface area contributed by atoms with E-state index in [1.165, 1.54) is 6.20 Å². The Morgan fingerprint density at radius 1 is 1.32 bits per heavy atom. The van der Waals surface area contributed by atoms with Gasteiger partial charge in [0.15, 0.2) is 5.78 Å². The zero-order valence-corrected chi connectivity index (χ0v) is 12.4. The Bertz CT molecular complexity index is 739. The summed E-state index contributed by atoms with van der Waals surface area (Å²) in [6.07, 6.45) is 3.41. The Morgan fingerprint density at radius 3 is 2.86 bits per heavy atom. The molecule has 1 aromatic heterocycles. The molecule has 0 bridgehead atoms. The van der Waals surface area contributed by atoms with Gasteiger partial charge in [-0.15, -0.1) is 0 Å². The number of hydrogen-bond acceptors (Lipinski definition) is 4. The number of anilines is 1. The highest BCUT2D eigenvalue weighted by Gasteiger charge is 2.32. The lowest BCUT2D eigenvalue weighted by Crippen LogP contribution is -2.35. The van der Waals surface area contributed by atoms with E-state index in [0.717, 1.165) is 0 Å². The lowest BCUT2D eigenvalue weighted by molar-refractivity contribution is 0.0620. The summed E-state index contributed by atoms with van der Waals surface area (Å²) in [4.78, 5) is 28.2. The predicted molar refractivity (Wildman–Crippen MR) is 82.3 cm³/mol. The van der Waals surface area contributed by atoms with E-state index in [0.29, 0.717) is 29.0 Å². The Labute approximate surface area is 128 Å². The number of ketones is 1. The van der Waals surface area contributed by atoms with Gasteiger partial charge in [0.05, 0.1) is 17.5 Å². The Morgan fingerprint density at radius 2 is 2.14 bits per heavy atom. The first-order valence-electron chi connectivity index (χ1n) is 7.02. The third-order valence-corrected chi connectivity index (χ3v) is 3.43. The second kappa shape index (κ2) is 5.26. The number of hydrogen-bond donors (Lipinski definition) is 1. The van der Waals surface area contributed by atoms with Gasteiger partial charge in [-0.25, -0.2) is 0 Å². The molecule has 5 heteroatoms. The third kappa shape index (κ3) is 2.83. The number of nitrogens with zero attached hydrogens (tertiary/aromatic N) is 1. The van der Waals surface area contributed by atoms with Crippen LogP contribution in [0.2, 0.25) is 0 Å². The van der Waals surface area contributed by atoms with E-state index < -0.39 is 5.60 Å². The van der Waals surface area contributed by atoms with Gasteiger partial charge >= 0.3 is 0 Å². The van der Waals surface area contributed by atoms with Gasteiger partial charge in [0.2, 0.25) is 0 Å². The van der Waals surface area contributed by atoms with Crippen molar-refractivity contribution in [3.05, 3.63) is 53.9 Å². The molecule has 1 aliphatic heterocycles. The number of Topliss-reactive ketones (excluding diaryl/α,β-unsaturated/α-hetero) is 1. The maximum atomic E-state index is 12.2. The van der Waals surface area contributed by atoms with Gasteiger partial charge in [-0.2, -0.15) is 0 Å². The molecule has 1 N–H and O–H groups in total. The van der Waals surface area contributed by atoms with Crippen molar-refractivity contribution in [2.45, 2.75) is 25.9 Å². The minimum atomic E-state index is -0.495. The molecule has 1 aliphatic rings. The molecule has 3 rings (SSSR count). The molecule has 1 aromatic carbocycles. The van der Waals surface area contributed by atoms with Crippen LogP contribution in [-0.2, 0) is 0 Å². The number of rotatable bonds is 2. The molecular formula is C17H16N2O3. The van der Waals surface area contributed by atoms with Gasteiger partial charge in [-0.05, 0) is 44.2 Å². The lowest BCUT2D eigenvalue weighted by Gasteiger charge is -2.31. The number of amides is 1. The van der Waals surface area contributed by atoms with Gasteiger partial charge in [-0.1, -0.05) is 0 Å². The molecule has 0 unspecified atom stereocenters. The van der Waals surface area contributed by atoms with Gasteiger partial charge in [0, 0.05) is 18.1 Å². The van der Waals surface area contributed by atoms with E-state index in [2.05, 4.69) is 10.3 Å². The van der Waals surface area contributed by atoms with Crippen LogP contribution < -0.4 is 10.1 Å². The van der Waals surface area contributed by atoms with Crippen molar-refractivity contribution < 1.29 is 14.3 Å². The van der Waals surface area contributed by atoms with Crippen molar-refractivity contribution in [2.75, 3.05) is 5.32 Å². The van der Waals surface area contributed by atoms with Crippen LogP contribution in [0.15, 0.2) is 42.7 Å². The van der Waals surface area contributed by atoms with E-state index >= 15 is 0 Å². The highest BCUT2D eigenvalue weighted by Crippen LogP contribution is 2.34. The van der Waals surface area contributed by atoms with Crippen LogP contribution in [0, 0.1) is 0 Å². The summed E-state index contributed by atoms with van der Waals surface area (Å²) in [5.74, 6) is 0.307. The monoisotopic (exact) mass is 296 g/mol. The van der Waals surface area contributed by atoms with Crippen molar-refractivity contribution in [3.63, 3.8) is 0 Å². The Balaban J connectivity index is 1.84. The lowest BCUT2D eigenvalue weighted by atomic mass is 9.93. The molecule has 1 amide bonds. The first-order valence-corrected chi connectivity index (χ1v) is 7.02. The SMILES string of the molecule is CC1(C)CC(=O)c2cc(NC(=O)c3cccnc3)ccc2O1. The van der Waals surface area contributed by atoms with Crippen LogP contribution in [0.25, 0.3) is 0 Å². The zero-order valence-electron chi connectivity index (χ0n) is 12.4. The second-order valence-electron chi connectivity index (χ2n) is 5.87. The van der Waals surface area contributed by atoms with Gasteiger partial charge < -0.3 is 10.1 Å². The number of carbonyl (C=O) groups excluding carboxylic acids is 2. The highest BCUT2D eigenvalue weighted by atomic mass is 16.5. The Kier molecular flexibility index (Phi) is 3.41. The standard InChI is InChI=1S/C17H16N2O3/c1-17(2)9-14(20)13-8-12(5-6-15(13)22-17)19-16(21)11-4-3-7-18-10-11/h3-8,10H,9H2,1-2H3,(H,19,21). The average Bonchev–Trinajstić information content (AvgIpc) is 2.48. The molecule has 0 radical (unpaired) electrons. The largest absolute Gasteiger partial charge is 0.487 e. The molecule has 22 heavy (non-hydrogen) atoms. The highest BCUT2D eigenvalue weighted by molar-refractivity contribution is 6.06. The zero-order chi connectivity index (χ0) is 15.7. The third-order valence-electron chi connectivity index (χ3n) is 3.43. The summed E-state index contributed by atoms with van der Waals surface area (Å²) in [5.41, 5.74) is 1.03. The first kappa shape index (κ1) is 14.3. The minimum Gasteiger partial charge on any atom is -0.487 e. The van der Waals surface area contributed by atoms with E-state index in [9.17, 15) is 9.59 Å². The van der Waals surface area contributed by atoms with Crippen molar-refractivity contribution >= 4 is 17.4 Å². The van der Waals surface area contributed by atoms with Crippen LogP contribution in [0.4, 0.5) is 5.69 Å². The molecule has 0 spiro atoms. The van der Waals surface area contributed by atoms with Gasteiger partial charge in [0.25, 0.3) is 5.91 Å². The topological polar surface area (TPSA) is 68.3 Å². The number of benzene rings is 1. The van der Waals surface area contributed by atoms with Gasteiger partial charge in [0.1, 0.15) is 11.4 Å². The predicted octanol–water partition coefficient (Wildman–Crippen LogP) is 3.08. The molecular weight excluding hydrogens is 280 g/mol. The van der Waals surface area contributed by atoms with Crippen molar-refractivity contribution in [3.8, 4) is 5.75 Å². The quantitative estimate of drug-likeness (QED) is 0.924. The second-order valence-corrected chi connectivity index (χ2v) is 5.87. The van der Waals surface area contributed by atoms with Crippen LogP contribution >= 0.6 is 0 Å². The van der Waals surface area contributed by atoms with E-state index in [4.69, 9.17) is 4.74 Å². The fourth-order valence-electron chi connectivity index (χ4n) is 2.43. The van der Waals surface area contributed by atoms with Crippen molar-refractivity contribution in [2.24, 2.45) is 0 Å². The smallest absolute Gasteiger partial charge is 0.257 e. The molecule has 2 aromatic rings. The maximum Gasteiger partial charge on any atom is 0.257 e. The summed E-state index contributed by atoms with van der Waals surface area (Å²) in [5, 5.41) is 2.76. The number of carbonyl (C=O) groups is 2. The van der Waals surface area contributed by atoms with E-state index in [-0.39, 0.29) is 11.7 Å². The fraction of sp³-hybridized carbons (Fsp3) is 0.235. The molecule has 2 heterocycles. The van der Waals surface area contributed by atoms with E-state index in [1.807, 2.05) is 13.8 Å². The molecule has 0 atom stereocenters. The molecule has 5 nitrogen and oxygen atoms in total.